The van der Waals surface area contributed by atoms with Crippen LogP contribution in [0.5, 0.6) is 0 Å². The largest absolute Gasteiger partial charge is 0.350 e. The Balaban J connectivity index is 1.29. The van der Waals surface area contributed by atoms with Gasteiger partial charge in [0.2, 0.25) is 11.8 Å². The van der Waals surface area contributed by atoms with E-state index < -0.39 is 0 Å². The van der Waals surface area contributed by atoms with Gasteiger partial charge in [-0.15, -0.1) is 0 Å². The molecule has 0 spiro atoms. The Labute approximate surface area is 200 Å². The monoisotopic (exact) mass is 474 g/mol. The van der Waals surface area contributed by atoms with Gasteiger partial charge in [0, 0.05) is 23.6 Å². The molecule has 1 aromatic heterocycles. The average molecular weight is 475 g/mol. The van der Waals surface area contributed by atoms with Gasteiger partial charge in [0.1, 0.15) is 18.2 Å². The van der Waals surface area contributed by atoms with Crippen molar-refractivity contribution in [1.29, 1.82) is 0 Å². The quantitative estimate of drug-likeness (QED) is 0.416. The number of hydrogen-bond acceptors (Lipinski definition) is 4. The van der Waals surface area contributed by atoms with Gasteiger partial charge in [0.15, 0.2) is 0 Å². The second-order valence-electron chi connectivity index (χ2n) is 8.19. The molecule has 0 fully saturated rings. The number of anilines is 1. The molecule has 0 aliphatic carbocycles. The predicted octanol–water partition coefficient (Wildman–Crippen LogP) is 4.42. The topological polar surface area (TPSA) is 76.0 Å². The normalized spacial score (nSPS) is 12.5. The lowest BCUT2D eigenvalue weighted by Crippen LogP contribution is -2.29. The fourth-order valence-electron chi connectivity index (χ4n) is 4.11. The summed E-state index contributed by atoms with van der Waals surface area (Å²) >= 11 is 1.73. The molecule has 2 heterocycles. The molecule has 2 N–H and O–H groups in total. The van der Waals surface area contributed by atoms with E-state index in [2.05, 4.69) is 15.7 Å². The second kappa shape index (κ2) is 9.69. The first kappa shape index (κ1) is 22.2. The molecular formula is C26H23FN4O2S. The zero-order valence-corrected chi connectivity index (χ0v) is 19.2. The predicted molar refractivity (Wildman–Crippen MR) is 132 cm³/mol. The first-order valence-electron chi connectivity index (χ1n) is 11.0. The number of hydrogen-bond donors (Lipinski definition) is 2. The maximum absolute atomic E-state index is 13.1. The van der Waals surface area contributed by atoms with Crippen LogP contribution in [-0.4, -0.2) is 21.6 Å². The van der Waals surface area contributed by atoms with Gasteiger partial charge in [-0.1, -0.05) is 54.6 Å². The Bertz CT molecular complexity index is 1360. The second-order valence-corrected chi connectivity index (χ2v) is 9.18. The van der Waals surface area contributed by atoms with Crippen LogP contribution in [-0.2, 0) is 40.6 Å². The van der Waals surface area contributed by atoms with Crippen LogP contribution in [0.25, 0.3) is 10.8 Å². The first-order valence-corrected chi connectivity index (χ1v) is 12.2. The zero-order chi connectivity index (χ0) is 23.5. The number of thioether (sulfide) groups is 1. The van der Waals surface area contributed by atoms with Crippen molar-refractivity contribution in [2.24, 2.45) is 0 Å². The molecule has 0 bridgehead atoms. The summed E-state index contributed by atoms with van der Waals surface area (Å²) in [5.74, 6) is 1.39. The molecule has 4 aromatic rings. The van der Waals surface area contributed by atoms with E-state index in [9.17, 15) is 14.0 Å². The van der Waals surface area contributed by atoms with E-state index in [0.29, 0.717) is 12.4 Å². The van der Waals surface area contributed by atoms with Crippen molar-refractivity contribution < 1.29 is 14.0 Å². The molecule has 1 aliphatic rings. The Morgan fingerprint density at radius 2 is 1.76 bits per heavy atom. The first-order chi connectivity index (χ1) is 16.6. The minimum absolute atomic E-state index is 0.0112. The Morgan fingerprint density at radius 1 is 0.971 bits per heavy atom. The number of amides is 2. The van der Waals surface area contributed by atoms with Crippen molar-refractivity contribution in [3.8, 4) is 0 Å². The van der Waals surface area contributed by atoms with E-state index in [4.69, 9.17) is 0 Å². The highest BCUT2D eigenvalue weighted by atomic mass is 32.2. The lowest BCUT2D eigenvalue weighted by Gasteiger charge is -2.12. The summed E-state index contributed by atoms with van der Waals surface area (Å²) in [6.45, 7) is 0.279. The van der Waals surface area contributed by atoms with Crippen LogP contribution in [0.4, 0.5) is 10.2 Å². The maximum atomic E-state index is 13.1. The number of rotatable bonds is 7. The Kier molecular flexibility index (Phi) is 6.31. The number of carbonyl (C=O) groups excluding carboxylic acids is 2. The zero-order valence-electron chi connectivity index (χ0n) is 18.4. The third-order valence-corrected chi connectivity index (χ3v) is 6.77. The summed E-state index contributed by atoms with van der Waals surface area (Å²) < 4.78 is 14.7. The molecule has 0 atom stereocenters. The number of fused-ring (bicyclic) bond motifs is 2. The van der Waals surface area contributed by atoms with Crippen LogP contribution in [0.2, 0.25) is 0 Å². The fourth-order valence-corrected chi connectivity index (χ4v) is 5.15. The fraction of sp³-hybridized carbons (Fsp3) is 0.192. The van der Waals surface area contributed by atoms with Crippen molar-refractivity contribution in [1.82, 2.24) is 15.1 Å². The number of aromatic nitrogens is 2. The van der Waals surface area contributed by atoms with Gasteiger partial charge >= 0.3 is 0 Å². The van der Waals surface area contributed by atoms with Gasteiger partial charge in [-0.25, -0.2) is 9.07 Å². The SMILES string of the molecule is O=C(Cn1nc2c(c1NC(=O)Cc1cccc3ccccc13)CSC2)NCc1ccc(F)cc1. The van der Waals surface area contributed by atoms with Crippen molar-refractivity contribution in [2.45, 2.75) is 31.0 Å². The minimum atomic E-state index is -0.317. The number of carbonyl (C=O) groups is 2. The molecular weight excluding hydrogens is 451 g/mol. The van der Waals surface area contributed by atoms with E-state index in [0.717, 1.165) is 44.7 Å². The van der Waals surface area contributed by atoms with Gasteiger partial charge in [-0.2, -0.15) is 16.9 Å². The van der Waals surface area contributed by atoms with Crippen LogP contribution in [0.1, 0.15) is 22.4 Å². The summed E-state index contributed by atoms with van der Waals surface area (Å²) in [4.78, 5) is 25.6. The maximum Gasteiger partial charge on any atom is 0.242 e. The van der Waals surface area contributed by atoms with Crippen molar-refractivity contribution in [2.75, 3.05) is 5.32 Å². The van der Waals surface area contributed by atoms with Gasteiger partial charge in [-0.05, 0) is 34.0 Å². The van der Waals surface area contributed by atoms with Gasteiger partial charge < -0.3 is 10.6 Å². The van der Waals surface area contributed by atoms with Gasteiger partial charge in [0.25, 0.3) is 0 Å². The number of benzene rings is 3. The smallest absolute Gasteiger partial charge is 0.242 e. The molecule has 0 radical (unpaired) electrons. The molecule has 5 rings (SSSR count). The van der Waals surface area contributed by atoms with E-state index in [1.54, 1.807) is 28.6 Å². The third kappa shape index (κ3) is 4.82. The number of nitrogens with zero attached hydrogens (tertiary/aromatic N) is 2. The summed E-state index contributed by atoms with van der Waals surface area (Å²) in [5, 5.41) is 12.6. The van der Waals surface area contributed by atoms with E-state index in [-0.39, 0.29) is 30.6 Å². The van der Waals surface area contributed by atoms with Crippen LogP contribution >= 0.6 is 11.8 Å². The molecule has 2 amide bonds. The minimum Gasteiger partial charge on any atom is -0.350 e. The van der Waals surface area contributed by atoms with E-state index in [1.165, 1.54) is 12.1 Å². The summed E-state index contributed by atoms with van der Waals surface area (Å²) in [5.41, 5.74) is 3.63. The van der Waals surface area contributed by atoms with Crippen LogP contribution in [0, 0.1) is 5.82 Å². The average Bonchev–Trinajstić information content (AvgIpc) is 3.41. The van der Waals surface area contributed by atoms with Gasteiger partial charge in [-0.3, -0.25) is 9.59 Å². The molecule has 6 nitrogen and oxygen atoms in total. The molecule has 34 heavy (non-hydrogen) atoms. The standard InChI is InChI=1S/C26H23FN4O2S/c27-20-10-8-17(9-11-20)13-28-25(33)14-31-26(22-15-34-16-23(22)30-31)29-24(32)12-19-6-3-5-18-4-1-2-7-21(18)19/h1-11H,12-16H2,(H,28,33)(H,29,32). The highest BCUT2D eigenvalue weighted by molar-refractivity contribution is 7.98. The molecule has 0 saturated heterocycles. The van der Waals surface area contributed by atoms with Crippen LogP contribution in [0.3, 0.4) is 0 Å². The number of halogens is 1. The van der Waals surface area contributed by atoms with Crippen molar-refractivity contribution in [3.63, 3.8) is 0 Å². The molecule has 172 valence electrons. The summed E-state index contributed by atoms with van der Waals surface area (Å²) in [6.07, 6.45) is 0.227. The molecule has 0 unspecified atom stereocenters. The highest BCUT2D eigenvalue weighted by Gasteiger charge is 2.25. The molecule has 3 aromatic carbocycles. The molecule has 1 aliphatic heterocycles. The lowest BCUT2D eigenvalue weighted by molar-refractivity contribution is -0.122. The van der Waals surface area contributed by atoms with Crippen molar-refractivity contribution >= 4 is 40.2 Å². The summed E-state index contributed by atoms with van der Waals surface area (Å²) in [7, 11) is 0. The highest BCUT2D eigenvalue weighted by Crippen LogP contribution is 2.34. The lowest BCUT2D eigenvalue weighted by atomic mass is 10.0. The van der Waals surface area contributed by atoms with Gasteiger partial charge in [0.05, 0.1) is 12.1 Å². The number of nitrogens with one attached hydrogen (secondary N) is 2. The third-order valence-electron chi connectivity index (χ3n) is 5.80. The Hall–Kier alpha value is -3.65. The molecule has 8 heteroatoms. The van der Waals surface area contributed by atoms with E-state index >= 15 is 0 Å². The van der Waals surface area contributed by atoms with Crippen LogP contribution in [0.15, 0.2) is 66.7 Å². The van der Waals surface area contributed by atoms with Crippen molar-refractivity contribution in [3.05, 3.63) is 94.9 Å². The van der Waals surface area contributed by atoms with Crippen LogP contribution < -0.4 is 10.6 Å². The molecule has 0 saturated carbocycles. The summed E-state index contributed by atoms with van der Waals surface area (Å²) in [6, 6.07) is 19.9. The van der Waals surface area contributed by atoms with E-state index in [1.807, 2.05) is 42.5 Å². The Morgan fingerprint density at radius 3 is 2.62 bits per heavy atom.